The van der Waals surface area contributed by atoms with Gasteiger partial charge in [-0.05, 0) is 54.8 Å². The van der Waals surface area contributed by atoms with E-state index in [1.165, 1.54) is 12.1 Å². The molecule has 26 heavy (non-hydrogen) atoms. The number of rotatable bonds is 5. The molecule has 0 aliphatic heterocycles. The second-order valence-electron chi connectivity index (χ2n) is 6.87. The number of anilines is 2. The van der Waals surface area contributed by atoms with E-state index in [1.807, 2.05) is 31.1 Å². The van der Waals surface area contributed by atoms with Crippen molar-refractivity contribution in [3.05, 3.63) is 59.9 Å². The SMILES string of the molecule is CN(C)c1ccc(NC(=O)C(=O)NCC2(c3ccc(F)cc3)CC2)cc1. The molecule has 1 fully saturated rings. The van der Waals surface area contributed by atoms with Crippen molar-refractivity contribution < 1.29 is 14.0 Å². The molecule has 1 aliphatic carbocycles. The minimum atomic E-state index is -0.697. The third kappa shape index (κ3) is 4.02. The first-order valence-electron chi connectivity index (χ1n) is 8.52. The Labute approximate surface area is 152 Å². The molecule has 0 aromatic heterocycles. The van der Waals surface area contributed by atoms with Crippen molar-refractivity contribution in [2.75, 3.05) is 30.9 Å². The zero-order valence-electron chi connectivity index (χ0n) is 14.9. The van der Waals surface area contributed by atoms with Gasteiger partial charge in [-0.25, -0.2) is 4.39 Å². The highest BCUT2D eigenvalue weighted by atomic mass is 19.1. The average Bonchev–Trinajstić information content (AvgIpc) is 3.42. The summed E-state index contributed by atoms with van der Waals surface area (Å²) in [6.45, 7) is 0.366. The minimum Gasteiger partial charge on any atom is -0.378 e. The summed E-state index contributed by atoms with van der Waals surface area (Å²) in [6, 6.07) is 13.5. The molecule has 2 aromatic rings. The molecule has 2 N–H and O–H groups in total. The molecule has 6 heteroatoms. The number of carbonyl (C=O) groups excluding carboxylic acids is 2. The van der Waals surface area contributed by atoms with Crippen LogP contribution in [0.2, 0.25) is 0 Å². The third-order valence-electron chi connectivity index (χ3n) is 4.75. The Bertz CT molecular complexity index is 797. The molecule has 0 atom stereocenters. The van der Waals surface area contributed by atoms with Crippen LogP contribution in [0.1, 0.15) is 18.4 Å². The van der Waals surface area contributed by atoms with Gasteiger partial charge in [0.05, 0.1) is 0 Å². The molecule has 0 unspecified atom stereocenters. The monoisotopic (exact) mass is 355 g/mol. The molecule has 2 amide bonds. The van der Waals surface area contributed by atoms with Gasteiger partial charge in [-0.2, -0.15) is 0 Å². The highest BCUT2D eigenvalue weighted by Gasteiger charge is 2.44. The smallest absolute Gasteiger partial charge is 0.313 e. The van der Waals surface area contributed by atoms with Gasteiger partial charge in [0.2, 0.25) is 0 Å². The van der Waals surface area contributed by atoms with E-state index in [1.54, 1.807) is 24.3 Å². The van der Waals surface area contributed by atoms with E-state index in [0.717, 1.165) is 24.1 Å². The maximum Gasteiger partial charge on any atom is 0.313 e. The van der Waals surface area contributed by atoms with Gasteiger partial charge in [0.25, 0.3) is 0 Å². The molecule has 2 aromatic carbocycles. The fourth-order valence-electron chi connectivity index (χ4n) is 2.88. The van der Waals surface area contributed by atoms with E-state index in [4.69, 9.17) is 0 Å². The zero-order valence-corrected chi connectivity index (χ0v) is 14.9. The van der Waals surface area contributed by atoms with Gasteiger partial charge in [0.1, 0.15) is 5.82 Å². The van der Waals surface area contributed by atoms with Gasteiger partial charge in [-0.15, -0.1) is 0 Å². The summed E-state index contributed by atoms with van der Waals surface area (Å²) in [7, 11) is 3.85. The molecule has 1 saturated carbocycles. The molecule has 0 saturated heterocycles. The standard InChI is InChI=1S/C20H22FN3O2/c1-24(2)17-9-7-16(8-10-17)23-19(26)18(25)22-13-20(11-12-20)14-3-5-15(21)6-4-14/h3-10H,11-13H2,1-2H3,(H,22,25)(H,23,26). The lowest BCUT2D eigenvalue weighted by atomic mass is 9.96. The van der Waals surface area contributed by atoms with E-state index < -0.39 is 11.8 Å². The Morgan fingerprint density at radius 2 is 1.62 bits per heavy atom. The van der Waals surface area contributed by atoms with Crippen molar-refractivity contribution in [3.8, 4) is 0 Å². The van der Waals surface area contributed by atoms with Crippen LogP contribution in [-0.2, 0) is 15.0 Å². The Kier molecular flexibility index (Phi) is 4.93. The van der Waals surface area contributed by atoms with Crippen LogP contribution >= 0.6 is 0 Å². The van der Waals surface area contributed by atoms with Crippen molar-refractivity contribution in [2.45, 2.75) is 18.3 Å². The van der Waals surface area contributed by atoms with Crippen LogP contribution in [0.5, 0.6) is 0 Å². The van der Waals surface area contributed by atoms with Crippen molar-refractivity contribution in [1.82, 2.24) is 5.32 Å². The van der Waals surface area contributed by atoms with Crippen molar-refractivity contribution in [1.29, 1.82) is 0 Å². The number of carbonyl (C=O) groups is 2. The first kappa shape index (κ1) is 17.9. The molecule has 0 spiro atoms. The average molecular weight is 355 g/mol. The molecule has 136 valence electrons. The van der Waals surface area contributed by atoms with Crippen molar-refractivity contribution in [3.63, 3.8) is 0 Å². The Morgan fingerprint density at radius 3 is 2.15 bits per heavy atom. The summed E-state index contributed by atoms with van der Waals surface area (Å²) in [4.78, 5) is 26.1. The fraction of sp³-hybridized carbons (Fsp3) is 0.300. The van der Waals surface area contributed by atoms with Crippen LogP contribution in [0.4, 0.5) is 15.8 Å². The third-order valence-corrected chi connectivity index (χ3v) is 4.75. The van der Waals surface area contributed by atoms with E-state index in [-0.39, 0.29) is 11.2 Å². The first-order valence-corrected chi connectivity index (χ1v) is 8.52. The molecular formula is C20H22FN3O2. The van der Waals surface area contributed by atoms with Gasteiger partial charge in [-0.1, -0.05) is 12.1 Å². The summed E-state index contributed by atoms with van der Waals surface area (Å²) in [5.74, 6) is -1.65. The van der Waals surface area contributed by atoms with Crippen molar-refractivity contribution in [2.24, 2.45) is 0 Å². The Balaban J connectivity index is 1.54. The lowest BCUT2D eigenvalue weighted by Crippen LogP contribution is -2.39. The van der Waals surface area contributed by atoms with Gasteiger partial charge < -0.3 is 15.5 Å². The van der Waals surface area contributed by atoms with Crippen molar-refractivity contribution >= 4 is 23.2 Å². The van der Waals surface area contributed by atoms with Gasteiger partial charge >= 0.3 is 11.8 Å². The van der Waals surface area contributed by atoms with Crippen LogP contribution in [0.25, 0.3) is 0 Å². The van der Waals surface area contributed by atoms with Crippen LogP contribution in [0, 0.1) is 5.82 Å². The van der Waals surface area contributed by atoms with Gasteiger partial charge in [0, 0.05) is 37.4 Å². The Hall–Kier alpha value is -2.89. The van der Waals surface area contributed by atoms with Crippen LogP contribution in [-0.4, -0.2) is 32.5 Å². The Morgan fingerprint density at radius 1 is 1.00 bits per heavy atom. The van der Waals surface area contributed by atoms with Gasteiger partial charge in [0.15, 0.2) is 0 Å². The fourth-order valence-corrected chi connectivity index (χ4v) is 2.88. The maximum atomic E-state index is 13.1. The number of benzene rings is 2. The number of hydrogen-bond acceptors (Lipinski definition) is 3. The van der Waals surface area contributed by atoms with Crippen LogP contribution < -0.4 is 15.5 Å². The van der Waals surface area contributed by atoms with Crippen LogP contribution in [0.3, 0.4) is 0 Å². The second-order valence-corrected chi connectivity index (χ2v) is 6.87. The van der Waals surface area contributed by atoms with Crippen LogP contribution in [0.15, 0.2) is 48.5 Å². The predicted molar refractivity (Wildman–Crippen MR) is 99.7 cm³/mol. The molecule has 0 bridgehead atoms. The lowest BCUT2D eigenvalue weighted by molar-refractivity contribution is -0.136. The van der Waals surface area contributed by atoms with E-state index >= 15 is 0 Å². The molecule has 3 rings (SSSR count). The summed E-state index contributed by atoms with van der Waals surface area (Å²) < 4.78 is 13.1. The molecule has 0 heterocycles. The maximum absolute atomic E-state index is 13.1. The predicted octanol–water partition coefficient (Wildman–Crippen LogP) is 2.68. The molecule has 0 radical (unpaired) electrons. The molecule has 1 aliphatic rings. The molecule has 5 nitrogen and oxygen atoms in total. The topological polar surface area (TPSA) is 61.4 Å². The highest BCUT2D eigenvalue weighted by molar-refractivity contribution is 6.39. The number of amides is 2. The number of hydrogen-bond donors (Lipinski definition) is 2. The molecular weight excluding hydrogens is 333 g/mol. The van der Waals surface area contributed by atoms with E-state index in [9.17, 15) is 14.0 Å². The minimum absolute atomic E-state index is 0.184. The number of nitrogens with zero attached hydrogens (tertiary/aromatic N) is 1. The summed E-state index contributed by atoms with van der Waals surface area (Å²) in [5.41, 5.74) is 2.37. The van der Waals surface area contributed by atoms with E-state index in [0.29, 0.717) is 12.2 Å². The first-order chi connectivity index (χ1) is 12.4. The number of halogens is 1. The summed E-state index contributed by atoms with van der Waals surface area (Å²) in [6.07, 6.45) is 1.82. The van der Waals surface area contributed by atoms with E-state index in [2.05, 4.69) is 10.6 Å². The lowest BCUT2D eigenvalue weighted by Gasteiger charge is -2.16. The normalized spacial score (nSPS) is 14.4. The number of nitrogens with one attached hydrogen (secondary N) is 2. The quantitative estimate of drug-likeness (QED) is 0.811. The summed E-state index contributed by atoms with van der Waals surface area (Å²) >= 11 is 0. The summed E-state index contributed by atoms with van der Waals surface area (Å²) in [5, 5.41) is 5.29. The highest BCUT2D eigenvalue weighted by Crippen LogP contribution is 2.47. The second kappa shape index (κ2) is 7.15. The largest absolute Gasteiger partial charge is 0.378 e. The zero-order chi connectivity index (χ0) is 18.7. The van der Waals surface area contributed by atoms with Gasteiger partial charge in [-0.3, -0.25) is 9.59 Å².